The van der Waals surface area contributed by atoms with Gasteiger partial charge in [-0.1, -0.05) is 15.9 Å². The maximum atomic E-state index is 13.5. The number of benzene rings is 1. The van der Waals surface area contributed by atoms with Crippen molar-refractivity contribution in [3.8, 4) is 17.7 Å². The van der Waals surface area contributed by atoms with E-state index in [2.05, 4.69) is 20.9 Å². The first-order chi connectivity index (χ1) is 9.51. The lowest BCUT2D eigenvalue weighted by molar-refractivity contribution is -0.385. The average Bonchev–Trinajstić information content (AvgIpc) is 2.43. The quantitative estimate of drug-likeness (QED) is 0.631. The second-order valence-electron chi connectivity index (χ2n) is 3.59. The number of nitro groups is 1. The number of nitrogens with zero attached hydrogens (tertiary/aromatic N) is 3. The van der Waals surface area contributed by atoms with Crippen LogP contribution in [0.25, 0.3) is 0 Å². The highest BCUT2D eigenvalue weighted by Gasteiger charge is 2.15. The third kappa shape index (κ3) is 2.89. The second kappa shape index (κ2) is 5.63. The number of hydrogen-bond acceptors (Lipinski definition) is 5. The van der Waals surface area contributed by atoms with Crippen LogP contribution in [0.5, 0.6) is 11.6 Å². The molecule has 0 radical (unpaired) electrons. The van der Waals surface area contributed by atoms with Gasteiger partial charge < -0.3 is 4.74 Å². The summed E-state index contributed by atoms with van der Waals surface area (Å²) in [5.41, 5.74) is -0.498. The minimum atomic E-state index is -0.683. The SMILES string of the molecule is N#Cc1cc([N+](=O)[O-])cnc1Oc1cc(Br)ccc1F. The van der Waals surface area contributed by atoms with Crippen LogP contribution in [-0.4, -0.2) is 9.91 Å². The molecule has 6 nitrogen and oxygen atoms in total. The summed E-state index contributed by atoms with van der Waals surface area (Å²) in [5.74, 6) is -0.982. The summed E-state index contributed by atoms with van der Waals surface area (Å²) < 4.78 is 19.3. The Morgan fingerprint density at radius 1 is 1.45 bits per heavy atom. The summed E-state index contributed by atoms with van der Waals surface area (Å²) in [6.45, 7) is 0. The van der Waals surface area contributed by atoms with Gasteiger partial charge in [0.2, 0.25) is 5.88 Å². The van der Waals surface area contributed by atoms with E-state index in [1.54, 1.807) is 6.07 Å². The Hall–Kier alpha value is -2.53. The molecular weight excluding hydrogens is 333 g/mol. The number of ether oxygens (including phenoxy) is 1. The maximum Gasteiger partial charge on any atom is 0.289 e. The van der Waals surface area contributed by atoms with Crippen LogP contribution in [-0.2, 0) is 0 Å². The highest BCUT2D eigenvalue weighted by Crippen LogP contribution is 2.29. The van der Waals surface area contributed by atoms with Gasteiger partial charge in [-0.15, -0.1) is 0 Å². The Kier molecular flexibility index (Phi) is 3.91. The van der Waals surface area contributed by atoms with Crippen LogP contribution in [0.2, 0.25) is 0 Å². The summed E-state index contributed by atoms with van der Waals surface area (Å²) in [6, 6.07) is 6.75. The zero-order valence-corrected chi connectivity index (χ0v) is 11.3. The number of halogens is 2. The Bertz CT molecular complexity index is 730. The number of rotatable bonds is 3. The molecular formula is C12H5BrFN3O3. The van der Waals surface area contributed by atoms with Crippen LogP contribution in [0.1, 0.15) is 5.56 Å². The summed E-state index contributed by atoms with van der Waals surface area (Å²) in [4.78, 5) is 13.6. The largest absolute Gasteiger partial charge is 0.435 e. The molecule has 0 aliphatic heterocycles. The van der Waals surface area contributed by atoms with Gasteiger partial charge in [-0.3, -0.25) is 10.1 Å². The molecule has 0 N–H and O–H groups in total. The number of nitriles is 1. The van der Waals surface area contributed by atoms with Gasteiger partial charge in [0.25, 0.3) is 5.69 Å². The van der Waals surface area contributed by atoms with Crippen molar-refractivity contribution in [1.29, 1.82) is 5.26 Å². The first-order valence-electron chi connectivity index (χ1n) is 5.18. The normalized spacial score (nSPS) is 9.85. The lowest BCUT2D eigenvalue weighted by Crippen LogP contribution is -1.96. The van der Waals surface area contributed by atoms with Crippen molar-refractivity contribution in [2.45, 2.75) is 0 Å². The van der Waals surface area contributed by atoms with Gasteiger partial charge in [0, 0.05) is 10.5 Å². The van der Waals surface area contributed by atoms with E-state index >= 15 is 0 Å². The zero-order valence-electron chi connectivity index (χ0n) is 9.71. The standard InChI is InChI=1S/C12H5BrFN3O3/c13-8-1-2-10(14)11(4-8)20-12-7(5-15)3-9(6-16-12)17(18)19/h1-4,6H. The monoisotopic (exact) mass is 337 g/mol. The first-order valence-corrected chi connectivity index (χ1v) is 5.98. The van der Waals surface area contributed by atoms with E-state index in [0.717, 1.165) is 12.3 Å². The molecule has 100 valence electrons. The minimum absolute atomic E-state index is 0.141. The van der Waals surface area contributed by atoms with Crippen LogP contribution in [0, 0.1) is 27.3 Å². The van der Waals surface area contributed by atoms with Crippen molar-refractivity contribution in [3.05, 3.63) is 56.4 Å². The number of pyridine rings is 1. The minimum Gasteiger partial charge on any atom is -0.435 e. The fourth-order valence-corrected chi connectivity index (χ4v) is 1.70. The van der Waals surface area contributed by atoms with E-state index in [4.69, 9.17) is 10.00 Å². The molecule has 0 saturated carbocycles. The highest BCUT2D eigenvalue weighted by molar-refractivity contribution is 9.10. The van der Waals surface area contributed by atoms with Crippen LogP contribution in [0.3, 0.4) is 0 Å². The van der Waals surface area contributed by atoms with Crippen LogP contribution >= 0.6 is 15.9 Å². The Balaban J connectivity index is 2.41. The van der Waals surface area contributed by atoms with Gasteiger partial charge in [-0.2, -0.15) is 5.26 Å². The second-order valence-corrected chi connectivity index (χ2v) is 4.51. The van der Waals surface area contributed by atoms with Crippen molar-refractivity contribution < 1.29 is 14.1 Å². The molecule has 0 unspecified atom stereocenters. The van der Waals surface area contributed by atoms with Crippen LogP contribution in [0.4, 0.5) is 10.1 Å². The van der Waals surface area contributed by atoms with Crippen LogP contribution in [0.15, 0.2) is 34.9 Å². The molecule has 8 heteroatoms. The van der Waals surface area contributed by atoms with Gasteiger partial charge in [0.1, 0.15) is 17.8 Å². The Morgan fingerprint density at radius 3 is 2.85 bits per heavy atom. The van der Waals surface area contributed by atoms with E-state index in [-0.39, 0.29) is 22.9 Å². The number of hydrogen-bond donors (Lipinski definition) is 0. The topological polar surface area (TPSA) is 89.0 Å². The maximum absolute atomic E-state index is 13.5. The van der Waals surface area contributed by atoms with Crippen molar-refractivity contribution in [2.24, 2.45) is 0 Å². The Morgan fingerprint density at radius 2 is 2.20 bits per heavy atom. The molecule has 1 aromatic heterocycles. The molecule has 0 saturated heterocycles. The molecule has 20 heavy (non-hydrogen) atoms. The lowest BCUT2D eigenvalue weighted by Gasteiger charge is -2.07. The van der Waals surface area contributed by atoms with Gasteiger partial charge in [0.15, 0.2) is 11.6 Å². The summed E-state index contributed by atoms with van der Waals surface area (Å²) in [7, 11) is 0. The average molecular weight is 338 g/mol. The molecule has 0 aliphatic rings. The molecule has 0 amide bonds. The molecule has 0 spiro atoms. The van der Waals surface area contributed by atoms with E-state index in [0.29, 0.717) is 4.47 Å². The lowest BCUT2D eigenvalue weighted by atomic mass is 10.2. The van der Waals surface area contributed by atoms with Crippen molar-refractivity contribution >= 4 is 21.6 Å². The van der Waals surface area contributed by atoms with Gasteiger partial charge in [0.05, 0.1) is 4.92 Å². The van der Waals surface area contributed by atoms with E-state index in [1.165, 1.54) is 18.2 Å². The first kappa shape index (κ1) is 13.9. The van der Waals surface area contributed by atoms with Crippen molar-refractivity contribution in [1.82, 2.24) is 4.98 Å². The van der Waals surface area contributed by atoms with Crippen molar-refractivity contribution in [2.75, 3.05) is 0 Å². The summed E-state index contributed by atoms with van der Waals surface area (Å²) in [6.07, 6.45) is 0.937. The van der Waals surface area contributed by atoms with E-state index < -0.39 is 10.7 Å². The smallest absolute Gasteiger partial charge is 0.289 e. The fourth-order valence-electron chi connectivity index (χ4n) is 1.36. The molecule has 2 aromatic rings. The third-order valence-corrected chi connectivity index (χ3v) is 2.76. The third-order valence-electron chi connectivity index (χ3n) is 2.27. The summed E-state index contributed by atoms with van der Waals surface area (Å²) in [5, 5.41) is 19.5. The zero-order chi connectivity index (χ0) is 14.7. The van der Waals surface area contributed by atoms with Crippen molar-refractivity contribution in [3.63, 3.8) is 0 Å². The molecule has 1 heterocycles. The fraction of sp³-hybridized carbons (Fsp3) is 0. The molecule has 0 aliphatic carbocycles. The molecule has 0 fully saturated rings. The van der Waals surface area contributed by atoms with E-state index in [1.807, 2.05) is 0 Å². The molecule has 0 atom stereocenters. The molecule has 1 aromatic carbocycles. The molecule has 2 rings (SSSR count). The van der Waals surface area contributed by atoms with Gasteiger partial charge in [-0.25, -0.2) is 9.37 Å². The molecule has 0 bridgehead atoms. The predicted molar refractivity (Wildman–Crippen MR) is 69.8 cm³/mol. The highest BCUT2D eigenvalue weighted by atomic mass is 79.9. The van der Waals surface area contributed by atoms with Crippen LogP contribution < -0.4 is 4.74 Å². The number of aromatic nitrogens is 1. The predicted octanol–water partition coefficient (Wildman–Crippen LogP) is 3.56. The Labute approximate surface area is 120 Å². The van der Waals surface area contributed by atoms with Gasteiger partial charge >= 0.3 is 0 Å². The van der Waals surface area contributed by atoms with Gasteiger partial charge in [-0.05, 0) is 18.2 Å². The summed E-state index contributed by atoms with van der Waals surface area (Å²) >= 11 is 3.15. The van der Waals surface area contributed by atoms with E-state index in [9.17, 15) is 14.5 Å².